The highest BCUT2D eigenvalue weighted by molar-refractivity contribution is 6.15. The van der Waals surface area contributed by atoms with E-state index in [1.54, 1.807) is 0 Å². The van der Waals surface area contributed by atoms with Gasteiger partial charge < -0.3 is 9.13 Å². The van der Waals surface area contributed by atoms with Crippen LogP contribution in [0.1, 0.15) is 0 Å². The molecule has 0 saturated carbocycles. The summed E-state index contributed by atoms with van der Waals surface area (Å²) >= 11 is 0. The highest BCUT2D eigenvalue weighted by atomic mass is 15.0. The third kappa shape index (κ3) is 5.23. The summed E-state index contributed by atoms with van der Waals surface area (Å²) in [5.41, 5.74) is 16.4. The fourth-order valence-electron chi connectivity index (χ4n) is 8.41. The molecule has 11 rings (SSSR count). The lowest BCUT2D eigenvalue weighted by atomic mass is 9.99. The van der Waals surface area contributed by atoms with Gasteiger partial charge in [-0.25, -0.2) is 4.98 Å². The summed E-state index contributed by atoms with van der Waals surface area (Å²) in [6, 6.07) is 71.3. The van der Waals surface area contributed by atoms with E-state index in [-0.39, 0.29) is 0 Å². The lowest BCUT2D eigenvalue weighted by Gasteiger charge is -2.14. The molecular weight excluding hydrogens is 681 g/mol. The van der Waals surface area contributed by atoms with Crippen molar-refractivity contribution in [1.82, 2.24) is 19.1 Å². The number of pyridine rings is 2. The molecule has 0 atom stereocenters. The molecule has 4 heterocycles. The minimum Gasteiger partial charge on any atom is -0.309 e. The van der Waals surface area contributed by atoms with Gasteiger partial charge in [0.05, 0.1) is 39.0 Å². The lowest BCUT2D eigenvalue weighted by molar-refractivity contribution is 1.17. The highest BCUT2D eigenvalue weighted by Crippen LogP contribution is 2.41. The van der Waals surface area contributed by atoms with Crippen LogP contribution < -0.4 is 0 Å². The summed E-state index contributed by atoms with van der Waals surface area (Å²) in [7, 11) is 0. The third-order valence-electron chi connectivity index (χ3n) is 10.9. The minimum absolute atomic E-state index is 0.931. The first-order valence-corrected chi connectivity index (χ1v) is 19.0. The Balaban J connectivity index is 1.13. The number of rotatable bonds is 6. The number of para-hydroxylation sites is 3. The molecule has 0 radical (unpaired) electrons. The highest BCUT2D eigenvalue weighted by Gasteiger charge is 2.19. The number of hydrogen-bond acceptors (Lipinski definition) is 2. The maximum absolute atomic E-state index is 5.28. The summed E-state index contributed by atoms with van der Waals surface area (Å²) in [5.74, 6) is 0. The molecule has 0 fully saturated rings. The maximum atomic E-state index is 5.28. The van der Waals surface area contributed by atoms with E-state index in [0.717, 1.165) is 78.0 Å². The fraction of sp³-hybridized carbons (Fsp3) is 0. The number of aromatic nitrogens is 4. The van der Waals surface area contributed by atoms with E-state index in [0.29, 0.717) is 0 Å². The summed E-state index contributed by atoms with van der Waals surface area (Å²) in [6.45, 7) is 0. The molecule has 0 aliphatic carbocycles. The molecule has 4 aromatic heterocycles. The Hall–Kier alpha value is -7.56. The van der Waals surface area contributed by atoms with Gasteiger partial charge in [-0.05, 0) is 83.4 Å². The number of hydrogen-bond donors (Lipinski definition) is 0. The zero-order chi connectivity index (χ0) is 37.0. The van der Waals surface area contributed by atoms with Crippen molar-refractivity contribution >= 4 is 43.7 Å². The second kappa shape index (κ2) is 13.1. The molecule has 262 valence electrons. The number of fused-ring (bicyclic) bond motifs is 6. The monoisotopic (exact) mass is 714 g/mol. The Morgan fingerprint density at radius 1 is 0.339 bits per heavy atom. The minimum atomic E-state index is 0.931. The van der Waals surface area contributed by atoms with Crippen LogP contribution in [0.3, 0.4) is 0 Å². The molecule has 4 heteroatoms. The van der Waals surface area contributed by atoms with Crippen LogP contribution in [0.25, 0.3) is 99.9 Å². The van der Waals surface area contributed by atoms with Gasteiger partial charge >= 0.3 is 0 Å². The van der Waals surface area contributed by atoms with Gasteiger partial charge in [0.2, 0.25) is 0 Å². The molecule has 0 bridgehead atoms. The molecule has 0 unspecified atom stereocenters. The van der Waals surface area contributed by atoms with Gasteiger partial charge in [-0.15, -0.1) is 0 Å². The van der Waals surface area contributed by atoms with Crippen LogP contribution in [0.4, 0.5) is 0 Å². The largest absolute Gasteiger partial charge is 0.309 e. The normalized spacial score (nSPS) is 11.6. The van der Waals surface area contributed by atoms with Crippen molar-refractivity contribution in [3.05, 3.63) is 206 Å². The molecule has 0 aliphatic rings. The Morgan fingerprint density at radius 3 is 1.80 bits per heavy atom. The molecule has 7 aromatic carbocycles. The SMILES string of the molecule is c1ccc(-c2cc(-c3ccccc3)nc(-c3cccc(-n4c5ccccc5c5cccc(-c6ccc7c8ncccc8n(-c8ccccc8)c7c6)c54)c3)c2)cc1. The second-order valence-electron chi connectivity index (χ2n) is 14.2. The molecular formula is C52H34N4. The Kier molecular flexibility index (Phi) is 7.46. The van der Waals surface area contributed by atoms with E-state index < -0.39 is 0 Å². The summed E-state index contributed by atoms with van der Waals surface area (Å²) < 4.78 is 4.77. The standard InChI is InChI=1S/C52H34N4/c1-4-15-35(16-5-1)39-32-46(36-17-6-2-7-18-36)54-47(33-39)38-19-12-22-41(31-38)56-48-26-11-10-23-43(48)44-25-13-24-42(52(44)56)37-28-29-45-50(34-37)55(40-20-8-3-9-21-40)49-27-14-30-53-51(45)49/h1-34H. The lowest BCUT2D eigenvalue weighted by Crippen LogP contribution is -1.97. The van der Waals surface area contributed by atoms with Gasteiger partial charge in [-0.2, -0.15) is 0 Å². The zero-order valence-electron chi connectivity index (χ0n) is 30.4. The van der Waals surface area contributed by atoms with Gasteiger partial charge in [0, 0.05) is 50.4 Å². The van der Waals surface area contributed by atoms with Crippen LogP contribution in [-0.2, 0) is 0 Å². The van der Waals surface area contributed by atoms with Crippen LogP contribution in [0.2, 0.25) is 0 Å². The van der Waals surface area contributed by atoms with Gasteiger partial charge in [0.25, 0.3) is 0 Å². The average Bonchev–Trinajstić information content (AvgIpc) is 3.80. The van der Waals surface area contributed by atoms with Gasteiger partial charge in [0.1, 0.15) is 0 Å². The van der Waals surface area contributed by atoms with Crippen molar-refractivity contribution in [1.29, 1.82) is 0 Å². The number of nitrogens with zero attached hydrogens (tertiary/aromatic N) is 4. The first-order chi connectivity index (χ1) is 27.8. The van der Waals surface area contributed by atoms with E-state index in [9.17, 15) is 0 Å². The molecule has 0 spiro atoms. The first-order valence-electron chi connectivity index (χ1n) is 19.0. The predicted molar refractivity (Wildman–Crippen MR) is 232 cm³/mol. The Morgan fingerprint density at radius 2 is 0.982 bits per heavy atom. The summed E-state index contributed by atoms with van der Waals surface area (Å²) in [6.07, 6.45) is 1.88. The van der Waals surface area contributed by atoms with Crippen molar-refractivity contribution in [2.24, 2.45) is 0 Å². The third-order valence-corrected chi connectivity index (χ3v) is 10.9. The van der Waals surface area contributed by atoms with Crippen LogP contribution in [-0.4, -0.2) is 19.1 Å². The fourth-order valence-corrected chi connectivity index (χ4v) is 8.41. The van der Waals surface area contributed by atoms with E-state index >= 15 is 0 Å². The Bertz CT molecular complexity index is 3170. The molecule has 11 aromatic rings. The van der Waals surface area contributed by atoms with Crippen LogP contribution in [0.15, 0.2) is 206 Å². The maximum Gasteiger partial charge on any atom is 0.0963 e. The van der Waals surface area contributed by atoms with E-state index in [1.165, 1.54) is 21.9 Å². The predicted octanol–water partition coefficient (Wildman–Crippen LogP) is 13.3. The number of benzene rings is 7. The van der Waals surface area contributed by atoms with Crippen molar-refractivity contribution < 1.29 is 0 Å². The zero-order valence-corrected chi connectivity index (χ0v) is 30.4. The van der Waals surface area contributed by atoms with Crippen LogP contribution >= 0.6 is 0 Å². The van der Waals surface area contributed by atoms with Crippen molar-refractivity contribution in [3.8, 4) is 56.1 Å². The summed E-state index contributed by atoms with van der Waals surface area (Å²) in [4.78, 5) is 10.1. The van der Waals surface area contributed by atoms with E-state index in [4.69, 9.17) is 9.97 Å². The molecule has 0 aliphatic heterocycles. The van der Waals surface area contributed by atoms with Crippen LogP contribution in [0.5, 0.6) is 0 Å². The van der Waals surface area contributed by atoms with Gasteiger partial charge in [0.15, 0.2) is 0 Å². The quantitative estimate of drug-likeness (QED) is 0.172. The Labute approximate surface area is 324 Å². The topological polar surface area (TPSA) is 35.6 Å². The molecule has 0 N–H and O–H groups in total. The molecule has 56 heavy (non-hydrogen) atoms. The van der Waals surface area contributed by atoms with Gasteiger partial charge in [-0.3, -0.25) is 4.98 Å². The van der Waals surface area contributed by atoms with E-state index in [1.807, 2.05) is 18.3 Å². The van der Waals surface area contributed by atoms with E-state index in [2.05, 4.69) is 197 Å². The van der Waals surface area contributed by atoms with Crippen molar-refractivity contribution in [2.75, 3.05) is 0 Å². The molecule has 0 saturated heterocycles. The van der Waals surface area contributed by atoms with Crippen molar-refractivity contribution in [3.63, 3.8) is 0 Å². The van der Waals surface area contributed by atoms with Gasteiger partial charge in [-0.1, -0.05) is 133 Å². The average molecular weight is 715 g/mol. The smallest absolute Gasteiger partial charge is 0.0963 e. The van der Waals surface area contributed by atoms with Crippen LogP contribution in [0, 0.1) is 0 Å². The second-order valence-corrected chi connectivity index (χ2v) is 14.2. The first kappa shape index (κ1) is 31.9. The van der Waals surface area contributed by atoms with Crippen molar-refractivity contribution in [2.45, 2.75) is 0 Å². The summed E-state index contributed by atoms with van der Waals surface area (Å²) in [5, 5.41) is 3.56. The molecule has 0 amide bonds. The molecule has 4 nitrogen and oxygen atoms in total.